The topological polar surface area (TPSA) is 178 Å². The number of Topliss-reactive ketones (excluding diaryl/α,β-unsaturated/α-hetero) is 1. The van der Waals surface area contributed by atoms with E-state index in [0.29, 0.717) is 6.08 Å². The van der Waals surface area contributed by atoms with E-state index in [0.717, 1.165) is 0 Å². The number of carbonyl (C=O) groups excluding carboxylic acids is 1. The number of aromatic nitrogens is 2. The van der Waals surface area contributed by atoms with Gasteiger partial charge in [-0.2, -0.15) is 0 Å². The molecule has 23 heavy (non-hydrogen) atoms. The fourth-order valence-corrected chi connectivity index (χ4v) is 1.52. The first-order valence-corrected chi connectivity index (χ1v) is 6.51. The van der Waals surface area contributed by atoms with Gasteiger partial charge in [0.2, 0.25) is 0 Å². The zero-order chi connectivity index (χ0) is 17.4. The van der Waals surface area contributed by atoms with Gasteiger partial charge in [0.25, 0.3) is 0 Å². The molecule has 1 rings (SSSR count). The molecular weight excluding hydrogens is 380 g/mol. The number of carboxylic acids is 3. The summed E-state index contributed by atoms with van der Waals surface area (Å²) in [7, 11) is 0. The summed E-state index contributed by atoms with van der Waals surface area (Å²) in [5.41, 5.74) is -1.47. The van der Waals surface area contributed by atoms with E-state index in [-0.39, 0.29) is 24.0 Å². The molecule has 0 aromatic carbocycles. The first-order chi connectivity index (χ1) is 10.1. The van der Waals surface area contributed by atoms with Crippen LogP contribution in [0.5, 0.6) is 0 Å². The Kier molecular flexibility index (Phi) is 9.93. The van der Waals surface area contributed by atoms with Crippen LogP contribution >= 0.6 is 15.9 Å². The molecule has 11 heteroatoms. The summed E-state index contributed by atoms with van der Waals surface area (Å²) < 4.78 is 0. The molecule has 0 aliphatic carbocycles. The summed E-state index contributed by atoms with van der Waals surface area (Å²) in [4.78, 5) is 55.8. The minimum atomic E-state index is -1.33. The van der Waals surface area contributed by atoms with Crippen molar-refractivity contribution in [2.45, 2.75) is 14.4 Å². The molecular formula is C12H15BrN2O8. The molecule has 0 spiro atoms. The van der Waals surface area contributed by atoms with Gasteiger partial charge in [-0.3, -0.25) is 9.78 Å². The smallest absolute Gasteiger partial charge is 0.354 e. The molecule has 0 amide bonds. The van der Waals surface area contributed by atoms with Crippen molar-refractivity contribution in [3.63, 3.8) is 0 Å². The molecule has 1 heterocycles. The molecule has 0 radical (unpaired) electrons. The summed E-state index contributed by atoms with van der Waals surface area (Å²) in [5.74, 6) is -4.31. The van der Waals surface area contributed by atoms with E-state index in [1.54, 1.807) is 0 Å². The number of rotatable bonds is 5. The third-order valence-electron chi connectivity index (χ3n) is 2.01. The molecule has 0 fully saturated rings. The number of imidazole rings is 1. The third kappa shape index (κ3) is 7.76. The van der Waals surface area contributed by atoms with E-state index >= 15 is 0 Å². The highest BCUT2D eigenvalue weighted by Crippen LogP contribution is 2.00. The molecule has 1 aromatic heterocycles. The minimum absolute atomic E-state index is 0. The molecule has 5 N–H and O–H groups in total. The maximum Gasteiger partial charge on any atom is 0.354 e. The van der Waals surface area contributed by atoms with Crippen LogP contribution in [0.2, 0.25) is 0 Å². The van der Waals surface area contributed by atoms with Crippen LogP contribution in [-0.4, -0.2) is 54.3 Å². The van der Waals surface area contributed by atoms with Gasteiger partial charge < -0.3 is 20.3 Å². The van der Waals surface area contributed by atoms with Crippen LogP contribution < -0.4 is 5.69 Å². The van der Waals surface area contributed by atoms with Gasteiger partial charge in [-0.25, -0.2) is 19.2 Å². The summed E-state index contributed by atoms with van der Waals surface area (Å²) in [6.45, 7) is 1.17. The average Bonchev–Trinajstić information content (AvgIpc) is 2.78. The second-order valence-corrected chi connectivity index (χ2v) is 4.20. The number of hydrogen-bond donors (Lipinski definition) is 5. The van der Waals surface area contributed by atoms with Gasteiger partial charge >= 0.3 is 23.6 Å². The van der Waals surface area contributed by atoms with Crippen molar-refractivity contribution in [1.82, 2.24) is 9.97 Å². The largest absolute Gasteiger partial charge is 0.478 e. The Bertz CT molecular complexity index is 651. The van der Waals surface area contributed by atoms with Gasteiger partial charge in [0.05, 0.1) is 5.57 Å². The number of halogens is 1. The van der Waals surface area contributed by atoms with Crippen LogP contribution in [0.1, 0.15) is 35.3 Å². The van der Waals surface area contributed by atoms with Crippen molar-refractivity contribution in [3.05, 3.63) is 33.5 Å². The molecule has 0 bridgehead atoms. The highest BCUT2D eigenvalue weighted by molar-refractivity contribution is 9.09. The number of alkyl halides is 1. The fourth-order valence-electron chi connectivity index (χ4n) is 1.11. The lowest BCUT2D eigenvalue weighted by atomic mass is 10.2. The van der Waals surface area contributed by atoms with Crippen LogP contribution in [0.3, 0.4) is 0 Å². The van der Waals surface area contributed by atoms with Gasteiger partial charge in [0.15, 0.2) is 11.5 Å². The van der Waals surface area contributed by atoms with E-state index in [1.807, 2.05) is 4.98 Å². The lowest BCUT2D eigenvalue weighted by molar-refractivity contribution is -0.135. The summed E-state index contributed by atoms with van der Waals surface area (Å²) >= 11 is 2.83. The Hall–Kier alpha value is -2.69. The van der Waals surface area contributed by atoms with Crippen molar-refractivity contribution in [1.29, 1.82) is 0 Å². The number of aliphatic carboxylic acids is 2. The number of nitrogens with one attached hydrogen (secondary N) is 2. The molecule has 0 aliphatic heterocycles. The number of carbonyl (C=O) groups is 4. The minimum Gasteiger partial charge on any atom is -0.478 e. The molecule has 0 saturated carbocycles. The number of H-pyrrole nitrogens is 2. The normalized spacial score (nSPS) is 9.91. The number of hydrogen-bond acceptors (Lipinski definition) is 5. The number of ketones is 1. The maximum absolute atomic E-state index is 10.7. The van der Waals surface area contributed by atoms with Gasteiger partial charge in [-0.05, 0) is 0 Å². The highest BCUT2D eigenvalue weighted by atomic mass is 79.9. The Morgan fingerprint density at radius 3 is 1.78 bits per heavy atom. The van der Waals surface area contributed by atoms with Crippen molar-refractivity contribution in [3.8, 4) is 0 Å². The number of carboxylic acid groups (broad SMARTS) is 3. The first kappa shape index (κ1) is 22.6. The van der Waals surface area contributed by atoms with E-state index in [9.17, 15) is 24.0 Å². The lowest BCUT2D eigenvalue weighted by Crippen LogP contribution is -2.05. The van der Waals surface area contributed by atoms with Crippen LogP contribution in [0.15, 0.2) is 16.4 Å². The Balaban J connectivity index is 0. The van der Waals surface area contributed by atoms with E-state index in [4.69, 9.17) is 15.3 Å². The van der Waals surface area contributed by atoms with Gasteiger partial charge in [0.1, 0.15) is 5.69 Å². The van der Waals surface area contributed by atoms with Gasteiger partial charge in [-0.1, -0.05) is 23.4 Å². The second kappa shape index (κ2) is 10.1. The van der Waals surface area contributed by atoms with Gasteiger partial charge in [-0.15, -0.1) is 0 Å². The highest BCUT2D eigenvalue weighted by Gasteiger charge is 2.16. The number of aromatic carboxylic acids is 1. The van der Waals surface area contributed by atoms with Crippen molar-refractivity contribution in [2.24, 2.45) is 0 Å². The molecule has 10 nitrogen and oxygen atoms in total. The monoisotopic (exact) mass is 394 g/mol. The Labute approximate surface area is 138 Å². The molecule has 128 valence electrons. The quantitative estimate of drug-likeness (QED) is 0.275. The van der Waals surface area contributed by atoms with E-state index in [2.05, 4.69) is 20.9 Å². The molecule has 0 atom stereocenters. The molecule has 1 aromatic rings. The van der Waals surface area contributed by atoms with Crippen molar-refractivity contribution < 1.29 is 34.5 Å². The average molecular weight is 395 g/mol. The van der Waals surface area contributed by atoms with Crippen LogP contribution in [-0.2, 0) is 9.59 Å². The molecule has 0 saturated heterocycles. The Morgan fingerprint density at radius 1 is 1.09 bits per heavy atom. The fraction of sp³-hybridized carbons (Fsp3) is 0.250. The van der Waals surface area contributed by atoms with E-state index < -0.39 is 35.1 Å². The molecule has 0 aliphatic rings. The second-order valence-electron chi connectivity index (χ2n) is 3.64. The maximum atomic E-state index is 10.7. The predicted octanol–water partition coefficient (Wildman–Crippen LogP) is 0.717. The Morgan fingerprint density at radius 2 is 1.57 bits per heavy atom. The zero-order valence-corrected chi connectivity index (χ0v) is 12.6. The van der Waals surface area contributed by atoms with Crippen molar-refractivity contribution >= 4 is 39.6 Å². The zero-order valence-electron chi connectivity index (χ0n) is 11.0. The van der Waals surface area contributed by atoms with Gasteiger partial charge in [0, 0.05) is 18.3 Å². The summed E-state index contributed by atoms with van der Waals surface area (Å²) in [6.07, 6.45) is 0.650. The third-order valence-corrected chi connectivity index (χ3v) is 2.61. The van der Waals surface area contributed by atoms with Crippen LogP contribution in [0.25, 0.3) is 0 Å². The van der Waals surface area contributed by atoms with Crippen LogP contribution in [0.4, 0.5) is 0 Å². The first-order valence-electron chi connectivity index (χ1n) is 5.39. The predicted molar refractivity (Wildman–Crippen MR) is 82.3 cm³/mol. The van der Waals surface area contributed by atoms with Crippen LogP contribution in [0, 0.1) is 0 Å². The lowest BCUT2D eigenvalue weighted by Gasteiger charge is -1.91. The van der Waals surface area contributed by atoms with Crippen molar-refractivity contribution in [2.75, 3.05) is 5.33 Å². The standard InChI is InChI=1S/C6H6N2O4.C5H5BrO4.CH4/c1-2(9)3-4(5(10)11)8-6(12)7-3;6-2-3(5(9)10)1-4(7)8;/h1H3,(H,10,11)(H2,7,8,12);1H,2H2,(H,7,8)(H,9,10);1H4/b;3-1+;. The molecule has 0 unspecified atom stereocenters. The van der Waals surface area contributed by atoms with E-state index in [1.165, 1.54) is 6.92 Å². The number of aromatic amines is 2. The summed E-state index contributed by atoms with van der Waals surface area (Å²) in [5, 5.41) is 24.9. The SMILES string of the molecule is C.CC(=O)c1[nH]c(=O)[nH]c1C(=O)O.O=C(O)/C=C(\CBr)C(=O)O. The summed E-state index contributed by atoms with van der Waals surface area (Å²) in [6, 6.07) is 0.